The molecule has 202 valence electrons. The number of rotatable bonds is 10. The van der Waals surface area contributed by atoms with Crippen LogP contribution in [0, 0.1) is 0 Å². The molecule has 8 nitrogen and oxygen atoms in total. The van der Waals surface area contributed by atoms with Crippen molar-refractivity contribution in [2.24, 2.45) is 0 Å². The zero-order chi connectivity index (χ0) is 26.5. The van der Waals surface area contributed by atoms with Gasteiger partial charge >= 0.3 is 0 Å². The second-order valence-corrected chi connectivity index (χ2v) is 13.7. The summed E-state index contributed by atoms with van der Waals surface area (Å²) in [4.78, 5) is 12.9. The molecule has 2 saturated carbocycles. The van der Waals surface area contributed by atoms with E-state index in [1.165, 1.54) is 28.6 Å². The third-order valence-electron chi connectivity index (χ3n) is 7.42. The molecule has 1 amide bonds. The number of benzene rings is 2. The molecule has 37 heavy (non-hydrogen) atoms. The van der Waals surface area contributed by atoms with Crippen molar-refractivity contribution in [3.05, 3.63) is 54.6 Å². The molecule has 0 aromatic heterocycles. The van der Waals surface area contributed by atoms with E-state index in [1.807, 2.05) is 13.0 Å². The smallest absolute Gasteiger partial charge is 0.243 e. The minimum atomic E-state index is -4.02. The average molecular weight is 548 g/mol. The zero-order valence-electron chi connectivity index (χ0n) is 21.4. The maximum absolute atomic E-state index is 13.7. The molecule has 0 heterocycles. The number of para-hydroxylation sites is 1. The number of sulfonamides is 2. The van der Waals surface area contributed by atoms with E-state index < -0.39 is 26.0 Å². The van der Waals surface area contributed by atoms with Crippen LogP contribution in [0.1, 0.15) is 64.7 Å². The normalized spacial score (nSPS) is 17.9. The van der Waals surface area contributed by atoms with Gasteiger partial charge < -0.3 is 5.32 Å². The molecule has 1 N–H and O–H groups in total. The molecule has 2 aliphatic rings. The van der Waals surface area contributed by atoms with Crippen LogP contribution in [-0.2, 0) is 24.8 Å². The third kappa shape index (κ3) is 6.42. The SMILES string of the molecule is CCN(C1CCCCC1)S(=O)(=O)c1ccc(S(=O)(=O)N(CC(=O)Nc2ccccc2)C2CCCC2)cc1. The lowest BCUT2D eigenvalue weighted by Gasteiger charge is -2.32. The summed E-state index contributed by atoms with van der Waals surface area (Å²) in [6.07, 6.45) is 8.05. The Labute approximate surface area is 221 Å². The van der Waals surface area contributed by atoms with Crippen LogP contribution in [0.15, 0.2) is 64.4 Å². The van der Waals surface area contributed by atoms with Crippen molar-refractivity contribution >= 4 is 31.6 Å². The fraction of sp³-hybridized carbons (Fsp3) is 0.519. The molecule has 2 fully saturated rings. The molecular formula is C27H37N3O5S2. The average Bonchev–Trinajstić information content (AvgIpc) is 3.43. The van der Waals surface area contributed by atoms with Crippen molar-refractivity contribution in [2.45, 2.75) is 86.6 Å². The summed E-state index contributed by atoms with van der Waals surface area (Å²) < 4.78 is 57.0. The quantitative estimate of drug-likeness (QED) is 0.468. The molecule has 0 unspecified atom stereocenters. The molecule has 2 aromatic rings. The molecule has 2 aliphatic carbocycles. The van der Waals surface area contributed by atoms with Crippen molar-refractivity contribution in [2.75, 3.05) is 18.4 Å². The Balaban J connectivity index is 1.56. The van der Waals surface area contributed by atoms with Crippen LogP contribution in [0.3, 0.4) is 0 Å². The van der Waals surface area contributed by atoms with Gasteiger partial charge in [0.15, 0.2) is 0 Å². The van der Waals surface area contributed by atoms with Crippen LogP contribution >= 0.6 is 0 Å². The standard InChI is InChI=1S/C27H37N3O5S2/c1-2-29(23-13-7-4-8-14-23)36(32,33)25-17-19-26(20-18-25)37(34,35)30(24-15-9-10-16-24)21-27(31)28-22-11-5-3-6-12-22/h3,5-6,11-12,17-20,23-24H,2,4,7-10,13-16,21H2,1H3,(H,28,31). The van der Waals surface area contributed by atoms with Crippen LogP contribution in [0.4, 0.5) is 5.69 Å². The van der Waals surface area contributed by atoms with Crippen LogP contribution in [0.2, 0.25) is 0 Å². The van der Waals surface area contributed by atoms with E-state index in [0.717, 1.165) is 44.9 Å². The first-order valence-electron chi connectivity index (χ1n) is 13.2. The monoisotopic (exact) mass is 547 g/mol. The minimum absolute atomic E-state index is 0.00780. The van der Waals surface area contributed by atoms with Gasteiger partial charge in [0.25, 0.3) is 0 Å². The van der Waals surface area contributed by atoms with Crippen LogP contribution in [0.25, 0.3) is 0 Å². The van der Waals surface area contributed by atoms with Gasteiger partial charge in [-0.1, -0.05) is 57.2 Å². The highest BCUT2D eigenvalue weighted by molar-refractivity contribution is 7.89. The third-order valence-corrected chi connectivity index (χ3v) is 11.4. The highest BCUT2D eigenvalue weighted by atomic mass is 32.2. The van der Waals surface area contributed by atoms with E-state index in [9.17, 15) is 21.6 Å². The van der Waals surface area contributed by atoms with Gasteiger partial charge in [-0.25, -0.2) is 16.8 Å². The van der Waals surface area contributed by atoms with Gasteiger partial charge in [0, 0.05) is 24.3 Å². The van der Waals surface area contributed by atoms with Crippen LogP contribution in [-0.4, -0.2) is 56.5 Å². The second-order valence-electron chi connectivity index (χ2n) is 9.87. The number of hydrogen-bond donors (Lipinski definition) is 1. The lowest BCUT2D eigenvalue weighted by molar-refractivity contribution is -0.116. The van der Waals surface area contributed by atoms with Crippen molar-refractivity contribution in [3.63, 3.8) is 0 Å². The maximum atomic E-state index is 13.7. The zero-order valence-corrected chi connectivity index (χ0v) is 23.0. The number of amides is 1. The highest BCUT2D eigenvalue weighted by Crippen LogP contribution is 2.31. The Kier molecular flexibility index (Phi) is 9.05. The Bertz CT molecular complexity index is 1250. The molecule has 0 bridgehead atoms. The largest absolute Gasteiger partial charge is 0.325 e. The van der Waals surface area contributed by atoms with E-state index in [0.29, 0.717) is 25.1 Å². The first-order valence-corrected chi connectivity index (χ1v) is 16.1. The predicted molar refractivity (Wildman–Crippen MR) is 144 cm³/mol. The van der Waals surface area contributed by atoms with Gasteiger partial charge in [0.2, 0.25) is 26.0 Å². The number of carbonyl (C=O) groups is 1. The summed E-state index contributed by atoms with van der Waals surface area (Å²) >= 11 is 0. The summed E-state index contributed by atoms with van der Waals surface area (Å²) in [6.45, 7) is 1.91. The minimum Gasteiger partial charge on any atom is -0.325 e. The molecule has 0 aliphatic heterocycles. The van der Waals surface area contributed by atoms with Gasteiger partial charge in [-0.05, 0) is 62.1 Å². The second kappa shape index (κ2) is 12.1. The lowest BCUT2D eigenvalue weighted by atomic mass is 9.95. The topological polar surface area (TPSA) is 104 Å². The molecule has 4 rings (SSSR count). The summed E-state index contributed by atoms with van der Waals surface area (Å²) in [5.74, 6) is -0.410. The Morgan fingerprint density at radius 3 is 1.70 bits per heavy atom. The van der Waals surface area contributed by atoms with Gasteiger partial charge in [0.1, 0.15) is 0 Å². The maximum Gasteiger partial charge on any atom is 0.243 e. The van der Waals surface area contributed by atoms with Gasteiger partial charge in [-0.2, -0.15) is 8.61 Å². The van der Waals surface area contributed by atoms with Crippen molar-refractivity contribution in [3.8, 4) is 0 Å². The highest BCUT2D eigenvalue weighted by Gasteiger charge is 2.36. The van der Waals surface area contributed by atoms with E-state index >= 15 is 0 Å². The molecule has 0 spiro atoms. The van der Waals surface area contributed by atoms with E-state index in [4.69, 9.17) is 0 Å². The van der Waals surface area contributed by atoms with Gasteiger partial charge in [-0.15, -0.1) is 0 Å². The first-order chi connectivity index (χ1) is 17.7. The number of hydrogen-bond acceptors (Lipinski definition) is 5. The van der Waals surface area contributed by atoms with E-state index in [2.05, 4.69) is 5.32 Å². The molecule has 0 atom stereocenters. The number of nitrogens with one attached hydrogen (secondary N) is 1. The summed E-state index contributed by atoms with van der Waals surface area (Å²) in [5, 5.41) is 2.77. The number of carbonyl (C=O) groups excluding carboxylic acids is 1. The van der Waals surface area contributed by atoms with Gasteiger partial charge in [-0.3, -0.25) is 4.79 Å². The fourth-order valence-electron chi connectivity index (χ4n) is 5.51. The van der Waals surface area contributed by atoms with E-state index in [-0.39, 0.29) is 28.4 Å². The molecule has 2 aromatic carbocycles. The van der Waals surface area contributed by atoms with Crippen LogP contribution < -0.4 is 5.32 Å². The van der Waals surface area contributed by atoms with Crippen LogP contribution in [0.5, 0.6) is 0 Å². The fourth-order valence-corrected chi connectivity index (χ4v) is 8.85. The van der Waals surface area contributed by atoms with E-state index in [1.54, 1.807) is 28.6 Å². The van der Waals surface area contributed by atoms with Gasteiger partial charge in [0.05, 0.1) is 16.3 Å². The molecule has 0 saturated heterocycles. The number of nitrogens with zero attached hydrogens (tertiary/aromatic N) is 2. The molecular weight excluding hydrogens is 510 g/mol. The number of anilines is 1. The lowest BCUT2D eigenvalue weighted by Crippen LogP contribution is -2.43. The Morgan fingerprint density at radius 2 is 1.19 bits per heavy atom. The van der Waals surface area contributed by atoms with Crippen molar-refractivity contribution in [1.82, 2.24) is 8.61 Å². The Hall–Kier alpha value is -2.27. The summed E-state index contributed by atoms with van der Waals surface area (Å²) in [7, 11) is -7.76. The Morgan fingerprint density at radius 1 is 0.730 bits per heavy atom. The predicted octanol–water partition coefficient (Wildman–Crippen LogP) is 4.60. The summed E-state index contributed by atoms with van der Waals surface area (Å²) in [5.41, 5.74) is 0.601. The van der Waals surface area contributed by atoms with Crippen molar-refractivity contribution in [1.29, 1.82) is 0 Å². The summed E-state index contributed by atoms with van der Waals surface area (Å²) in [6, 6.07) is 14.1. The first kappa shape index (κ1) is 27.8. The van der Waals surface area contributed by atoms with Crippen molar-refractivity contribution < 1.29 is 21.6 Å². The molecule has 0 radical (unpaired) electrons. The molecule has 10 heteroatoms.